The number of rotatable bonds is 2. The van der Waals surface area contributed by atoms with Crippen LogP contribution in [0.4, 0.5) is 0 Å². The summed E-state index contributed by atoms with van der Waals surface area (Å²) in [5.74, 6) is 1.57. The van der Waals surface area contributed by atoms with Crippen molar-refractivity contribution < 1.29 is 0 Å². The van der Waals surface area contributed by atoms with Crippen LogP contribution in [0, 0.1) is 17.5 Å². The van der Waals surface area contributed by atoms with Crippen LogP contribution in [0.3, 0.4) is 0 Å². The summed E-state index contributed by atoms with van der Waals surface area (Å²) in [7, 11) is 0. The zero-order chi connectivity index (χ0) is 10.0. The van der Waals surface area contributed by atoms with Crippen molar-refractivity contribution in [3.8, 4) is 0 Å². The van der Waals surface area contributed by atoms with E-state index in [1.54, 1.807) is 0 Å². The first kappa shape index (κ1) is 10.9. The van der Waals surface area contributed by atoms with Crippen LogP contribution >= 0.6 is 28.1 Å². The minimum Gasteiger partial charge on any atom is -0.346 e. The van der Waals surface area contributed by atoms with E-state index in [0.29, 0.717) is 10.6 Å². The third kappa shape index (κ3) is 2.88. The van der Waals surface area contributed by atoms with Crippen LogP contribution in [0.5, 0.6) is 0 Å². The van der Waals surface area contributed by atoms with Gasteiger partial charge in [-0.05, 0) is 28.8 Å². The van der Waals surface area contributed by atoms with Gasteiger partial charge in [0.05, 0.1) is 4.47 Å². The summed E-state index contributed by atoms with van der Waals surface area (Å²) in [4.78, 5) is 7.51. The predicted octanol–water partition coefficient (Wildman–Crippen LogP) is 3.41. The summed E-state index contributed by atoms with van der Waals surface area (Å²) in [6.45, 7) is 6.32. The molecule has 0 aromatic carbocycles. The lowest BCUT2D eigenvalue weighted by Gasteiger charge is -2.06. The van der Waals surface area contributed by atoms with Crippen molar-refractivity contribution in [2.45, 2.75) is 27.2 Å². The normalized spacial score (nSPS) is 10.8. The maximum atomic E-state index is 5.10. The molecular weight excluding hydrogens is 248 g/mol. The van der Waals surface area contributed by atoms with Crippen LogP contribution in [0.2, 0.25) is 0 Å². The second-order valence-electron chi connectivity index (χ2n) is 3.53. The first-order valence-corrected chi connectivity index (χ1v) is 5.46. The van der Waals surface area contributed by atoms with Crippen molar-refractivity contribution in [1.82, 2.24) is 9.97 Å². The highest BCUT2D eigenvalue weighted by molar-refractivity contribution is 9.10. The number of hydrogen-bond acceptors (Lipinski definition) is 2. The summed E-state index contributed by atoms with van der Waals surface area (Å²) < 4.78 is 1.54. The highest BCUT2D eigenvalue weighted by Gasteiger charge is 2.03. The molecule has 4 heteroatoms. The van der Waals surface area contributed by atoms with Gasteiger partial charge < -0.3 is 4.98 Å². The Hall–Kier alpha value is -0.220. The second kappa shape index (κ2) is 4.33. The Labute approximate surface area is 91.9 Å². The lowest BCUT2D eigenvalue weighted by Crippen LogP contribution is -2.02. The van der Waals surface area contributed by atoms with Crippen LogP contribution in [0.1, 0.15) is 25.4 Å². The van der Waals surface area contributed by atoms with E-state index in [0.717, 1.165) is 22.4 Å². The fraction of sp³-hybridized carbons (Fsp3) is 0.556. The van der Waals surface area contributed by atoms with Crippen LogP contribution in [0.25, 0.3) is 0 Å². The molecule has 72 valence electrons. The van der Waals surface area contributed by atoms with E-state index in [1.165, 1.54) is 0 Å². The number of halogens is 1. The molecule has 0 aliphatic heterocycles. The van der Waals surface area contributed by atoms with Gasteiger partial charge in [0.15, 0.2) is 0 Å². The minimum absolute atomic E-state index is 0.596. The van der Waals surface area contributed by atoms with Crippen molar-refractivity contribution in [2.24, 2.45) is 5.92 Å². The Bertz CT molecular complexity index is 357. The third-order valence-electron chi connectivity index (χ3n) is 1.69. The van der Waals surface area contributed by atoms with Gasteiger partial charge in [0.1, 0.15) is 10.5 Å². The van der Waals surface area contributed by atoms with Gasteiger partial charge in [0.2, 0.25) is 0 Å². The number of aromatic nitrogens is 2. The first-order chi connectivity index (χ1) is 6.00. The average Bonchev–Trinajstić information content (AvgIpc) is 1.98. The Morgan fingerprint density at radius 2 is 2.15 bits per heavy atom. The molecule has 1 heterocycles. The molecule has 0 spiro atoms. The number of hydrogen-bond donors (Lipinski definition) is 1. The van der Waals surface area contributed by atoms with Gasteiger partial charge in [-0.3, -0.25) is 0 Å². The van der Waals surface area contributed by atoms with Crippen molar-refractivity contribution in [3.05, 3.63) is 20.6 Å². The summed E-state index contributed by atoms with van der Waals surface area (Å²) >= 11 is 8.48. The van der Waals surface area contributed by atoms with Crippen LogP contribution in [-0.4, -0.2) is 9.97 Å². The Morgan fingerprint density at radius 3 is 2.62 bits per heavy atom. The first-order valence-electron chi connectivity index (χ1n) is 4.26. The van der Waals surface area contributed by atoms with Gasteiger partial charge in [-0.25, -0.2) is 4.98 Å². The number of nitrogens with zero attached hydrogens (tertiary/aromatic N) is 1. The molecule has 0 aliphatic carbocycles. The largest absolute Gasteiger partial charge is 0.346 e. The van der Waals surface area contributed by atoms with Gasteiger partial charge >= 0.3 is 0 Å². The molecule has 0 amide bonds. The van der Waals surface area contributed by atoms with Crippen molar-refractivity contribution in [3.63, 3.8) is 0 Å². The van der Waals surface area contributed by atoms with E-state index in [-0.39, 0.29) is 0 Å². The highest BCUT2D eigenvalue weighted by atomic mass is 79.9. The predicted molar refractivity (Wildman–Crippen MR) is 60.4 cm³/mol. The topological polar surface area (TPSA) is 28.7 Å². The van der Waals surface area contributed by atoms with E-state index >= 15 is 0 Å². The fourth-order valence-electron chi connectivity index (χ4n) is 1.11. The molecule has 0 saturated heterocycles. The molecule has 0 saturated carbocycles. The molecule has 1 N–H and O–H groups in total. The molecular formula is C9H13BrN2S. The lowest BCUT2D eigenvalue weighted by molar-refractivity contribution is 0.617. The lowest BCUT2D eigenvalue weighted by atomic mass is 10.1. The van der Waals surface area contributed by atoms with E-state index in [4.69, 9.17) is 12.2 Å². The molecule has 13 heavy (non-hydrogen) atoms. The average molecular weight is 261 g/mol. The Morgan fingerprint density at radius 1 is 1.54 bits per heavy atom. The van der Waals surface area contributed by atoms with E-state index in [9.17, 15) is 0 Å². The van der Waals surface area contributed by atoms with Crippen molar-refractivity contribution in [2.75, 3.05) is 0 Å². The summed E-state index contributed by atoms with van der Waals surface area (Å²) in [5.41, 5.74) is 1.05. The van der Waals surface area contributed by atoms with Crippen molar-refractivity contribution in [1.29, 1.82) is 0 Å². The standard InChI is InChI=1S/C9H13BrN2S/c1-5(2)4-7-11-6(3)8(10)9(13)12-7/h5H,4H2,1-3H3,(H,11,12,13). The summed E-state index contributed by atoms with van der Waals surface area (Å²) in [6, 6.07) is 0. The van der Waals surface area contributed by atoms with Crippen molar-refractivity contribution >= 4 is 28.1 Å². The summed E-state index contributed by atoms with van der Waals surface area (Å²) in [5, 5.41) is 0. The molecule has 0 bridgehead atoms. The second-order valence-corrected chi connectivity index (χ2v) is 4.71. The molecule has 1 aromatic heterocycles. The smallest absolute Gasteiger partial charge is 0.144 e. The zero-order valence-corrected chi connectivity index (χ0v) is 10.4. The monoisotopic (exact) mass is 260 g/mol. The van der Waals surface area contributed by atoms with E-state index in [1.807, 2.05) is 6.92 Å². The molecule has 0 atom stereocenters. The molecule has 0 fully saturated rings. The van der Waals surface area contributed by atoms with Gasteiger partial charge in [-0.1, -0.05) is 26.1 Å². The zero-order valence-electron chi connectivity index (χ0n) is 8.02. The molecule has 1 aromatic rings. The molecule has 0 radical (unpaired) electrons. The van der Waals surface area contributed by atoms with Crippen LogP contribution < -0.4 is 0 Å². The minimum atomic E-state index is 0.596. The fourth-order valence-corrected chi connectivity index (χ4v) is 1.57. The Balaban J connectivity index is 3.06. The maximum Gasteiger partial charge on any atom is 0.144 e. The highest BCUT2D eigenvalue weighted by Crippen LogP contribution is 2.15. The molecule has 0 unspecified atom stereocenters. The number of H-pyrrole nitrogens is 1. The Kier molecular flexibility index (Phi) is 3.62. The summed E-state index contributed by atoms with van der Waals surface area (Å²) in [6.07, 6.45) is 0.942. The van der Waals surface area contributed by atoms with Crippen LogP contribution in [-0.2, 0) is 6.42 Å². The van der Waals surface area contributed by atoms with Crippen LogP contribution in [0.15, 0.2) is 4.47 Å². The SMILES string of the molecule is Cc1[nH]c(CC(C)C)nc(=S)c1Br. The molecule has 1 rings (SSSR count). The van der Waals surface area contributed by atoms with Gasteiger partial charge in [0, 0.05) is 12.1 Å². The quantitative estimate of drug-likeness (QED) is 0.826. The van der Waals surface area contributed by atoms with Gasteiger partial charge in [-0.15, -0.1) is 0 Å². The van der Waals surface area contributed by atoms with E-state index in [2.05, 4.69) is 39.7 Å². The van der Waals surface area contributed by atoms with Gasteiger partial charge in [-0.2, -0.15) is 0 Å². The number of aromatic amines is 1. The number of nitrogens with one attached hydrogen (secondary N) is 1. The molecule has 2 nitrogen and oxygen atoms in total. The molecule has 0 aliphatic rings. The van der Waals surface area contributed by atoms with Gasteiger partial charge in [0.25, 0.3) is 0 Å². The number of aryl methyl sites for hydroxylation is 1. The van der Waals surface area contributed by atoms with E-state index < -0.39 is 0 Å². The maximum absolute atomic E-state index is 5.10. The third-order valence-corrected chi connectivity index (χ3v) is 3.22.